The Morgan fingerprint density at radius 1 is 1.26 bits per heavy atom. The van der Waals surface area contributed by atoms with Crippen LogP contribution in [0.2, 0.25) is 0 Å². The Kier molecular flexibility index (Phi) is 6.45. The van der Waals surface area contributed by atoms with Gasteiger partial charge < -0.3 is 19.5 Å². The molecule has 3 aromatic rings. The molecule has 1 aromatic carbocycles. The van der Waals surface area contributed by atoms with Crippen LogP contribution in [0, 0.1) is 0 Å². The van der Waals surface area contributed by atoms with E-state index < -0.39 is 0 Å². The fraction of sp³-hybridized carbons (Fsp3) is 0.391. The predicted molar refractivity (Wildman–Crippen MR) is 117 cm³/mol. The van der Waals surface area contributed by atoms with E-state index in [0.717, 1.165) is 30.7 Å². The molecule has 2 aromatic heterocycles. The third-order valence-corrected chi connectivity index (χ3v) is 5.46. The second-order valence-corrected chi connectivity index (χ2v) is 7.73. The van der Waals surface area contributed by atoms with Gasteiger partial charge in [-0.2, -0.15) is 4.98 Å². The van der Waals surface area contributed by atoms with Crippen molar-refractivity contribution >= 4 is 11.7 Å². The lowest BCUT2D eigenvalue weighted by Gasteiger charge is -2.30. The van der Waals surface area contributed by atoms with Crippen molar-refractivity contribution in [2.24, 2.45) is 0 Å². The van der Waals surface area contributed by atoms with Crippen LogP contribution in [0.3, 0.4) is 0 Å². The third kappa shape index (κ3) is 5.20. The molecule has 1 saturated heterocycles. The average Bonchev–Trinajstić information content (AvgIpc) is 3.30. The van der Waals surface area contributed by atoms with Crippen molar-refractivity contribution in [3.63, 3.8) is 0 Å². The van der Waals surface area contributed by atoms with Crippen molar-refractivity contribution in [1.82, 2.24) is 20.0 Å². The molecule has 0 spiro atoms. The van der Waals surface area contributed by atoms with Crippen LogP contribution >= 0.6 is 0 Å². The van der Waals surface area contributed by atoms with Gasteiger partial charge in [0.2, 0.25) is 11.7 Å². The predicted octanol–water partition coefficient (Wildman–Crippen LogP) is 4.72. The van der Waals surface area contributed by atoms with Crippen LogP contribution in [0.25, 0.3) is 11.5 Å². The molecule has 31 heavy (non-hydrogen) atoms. The molecule has 1 N–H and O–H groups in total. The maximum atomic E-state index is 12.7. The molecule has 2 amide bonds. The highest BCUT2D eigenvalue weighted by molar-refractivity contribution is 5.89. The Morgan fingerprint density at radius 2 is 2.10 bits per heavy atom. The van der Waals surface area contributed by atoms with Crippen LogP contribution < -0.4 is 10.1 Å². The summed E-state index contributed by atoms with van der Waals surface area (Å²) in [7, 11) is 0. The van der Waals surface area contributed by atoms with E-state index in [1.165, 1.54) is 0 Å². The molecule has 0 radical (unpaired) electrons. The Morgan fingerprint density at radius 3 is 2.84 bits per heavy atom. The van der Waals surface area contributed by atoms with Gasteiger partial charge in [0.05, 0.1) is 6.10 Å². The molecule has 0 bridgehead atoms. The number of rotatable bonds is 6. The minimum Gasteiger partial charge on any atom is -0.491 e. The van der Waals surface area contributed by atoms with Gasteiger partial charge in [-0.3, -0.25) is 4.98 Å². The summed E-state index contributed by atoms with van der Waals surface area (Å²) in [6.07, 6.45) is 4.31. The minimum absolute atomic E-state index is 0.112. The average molecular weight is 422 g/mol. The van der Waals surface area contributed by atoms with E-state index in [0.29, 0.717) is 30.5 Å². The van der Waals surface area contributed by atoms with Crippen LogP contribution in [0.4, 0.5) is 10.5 Å². The number of aromatic nitrogens is 3. The number of hydrogen-bond acceptors (Lipinski definition) is 6. The molecule has 8 nitrogen and oxygen atoms in total. The highest BCUT2D eigenvalue weighted by atomic mass is 16.5. The first kappa shape index (κ1) is 20.8. The lowest BCUT2D eigenvalue weighted by molar-refractivity contribution is 0.187. The number of ether oxygens (including phenoxy) is 1. The van der Waals surface area contributed by atoms with Gasteiger partial charge in [-0.15, -0.1) is 0 Å². The van der Waals surface area contributed by atoms with E-state index in [1.54, 1.807) is 6.20 Å². The summed E-state index contributed by atoms with van der Waals surface area (Å²) < 4.78 is 11.3. The second-order valence-electron chi connectivity index (χ2n) is 7.73. The number of piperidine rings is 1. The van der Waals surface area contributed by atoms with Crippen LogP contribution in [0.5, 0.6) is 5.75 Å². The highest BCUT2D eigenvalue weighted by Gasteiger charge is 2.28. The fourth-order valence-electron chi connectivity index (χ4n) is 3.49. The molecule has 1 fully saturated rings. The first-order valence-electron chi connectivity index (χ1n) is 10.7. The molecule has 1 atom stereocenters. The zero-order valence-electron chi connectivity index (χ0n) is 17.8. The normalized spacial score (nSPS) is 15.5. The Labute approximate surface area is 181 Å². The van der Waals surface area contributed by atoms with Gasteiger partial charge in [-0.1, -0.05) is 24.2 Å². The summed E-state index contributed by atoms with van der Waals surface area (Å²) in [4.78, 5) is 23.3. The Bertz CT molecular complexity index is 999. The molecule has 0 aliphatic carbocycles. The number of likely N-dealkylation sites (tertiary alicyclic amines) is 1. The van der Waals surface area contributed by atoms with Crippen molar-refractivity contribution in [2.75, 3.05) is 18.4 Å². The first-order chi connectivity index (χ1) is 15.1. The largest absolute Gasteiger partial charge is 0.491 e. The van der Waals surface area contributed by atoms with Gasteiger partial charge >= 0.3 is 6.03 Å². The lowest BCUT2D eigenvalue weighted by Crippen LogP contribution is -2.40. The van der Waals surface area contributed by atoms with Crippen molar-refractivity contribution in [3.8, 4) is 17.3 Å². The summed E-state index contributed by atoms with van der Waals surface area (Å²) in [5.41, 5.74) is 1.42. The molecule has 4 rings (SSSR count). The molecular weight excluding hydrogens is 394 g/mol. The number of hydrogen-bond donors (Lipinski definition) is 1. The third-order valence-electron chi connectivity index (χ3n) is 5.46. The number of nitrogens with zero attached hydrogens (tertiary/aromatic N) is 4. The quantitative estimate of drug-likeness (QED) is 0.619. The van der Waals surface area contributed by atoms with Gasteiger partial charge in [-0.25, -0.2) is 4.79 Å². The maximum absolute atomic E-state index is 12.7. The zero-order valence-corrected chi connectivity index (χ0v) is 17.8. The Hall–Kier alpha value is -3.42. The number of pyridine rings is 1. The molecule has 1 aliphatic heterocycles. The highest BCUT2D eigenvalue weighted by Crippen LogP contribution is 2.28. The van der Waals surface area contributed by atoms with Crippen LogP contribution in [-0.4, -0.2) is 45.2 Å². The molecular formula is C23H27N5O3. The molecule has 1 aliphatic rings. The standard InChI is InChI=1S/C23H27N5O3/c1-3-16(2)30-19-8-6-7-18(15-19)25-23(29)28-13-10-17(11-14-28)22-26-21(27-31-22)20-9-4-5-12-24-20/h4-9,12,15-17H,3,10-11,13-14H2,1-2H3,(H,25,29). The van der Waals surface area contributed by atoms with Gasteiger partial charge in [-0.05, 0) is 50.5 Å². The SMILES string of the molecule is CCC(C)Oc1cccc(NC(=O)N2CCC(c3nc(-c4ccccn4)no3)CC2)c1. The zero-order chi connectivity index (χ0) is 21.6. The van der Waals surface area contributed by atoms with Crippen molar-refractivity contribution in [2.45, 2.75) is 45.1 Å². The molecule has 8 heteroatoms. The van der Waals surface area contributed by atoms with E-state index >= 15 is 0 Å². The van der Waals surface area contributed by atoms with Crippen molar-refractivity contribution in [1.29, 1.82) is 0 Å². The number of carbonyl (C=O) groups is 1. The smallest absolute Gasteiger partial charge is 0.321 e. The molecule has 3 heterocycles. The topological polar surface area (TPSA) is 93.4 Å². The summed E-state index contributed by atoms with van der Waals surface area (Å²) >= 11 is 0. The van der Waals surface area contributed by atoms with E-state index in [4.69, 9.17) is 9.26 Å². The number of benzene rings is 1. The van der Waals surface area contributed by atoms with Crippen molar-refractivity contribution < 1.29 is 14.1 Å². The van der Waals surface area contributed by atoms with Crippen LogP contribution in [0.1, 0.15) is 44.9 Å². The summed E-state index contributed by atoms with van der Waals surface area (Å²) in [5, 5.41) is 7.02. The van der Waals surface area contributed by atoms with Gasteiger partial charge in [0.25, 0.3) is 0 Å². The number of urea groups is 1. The van der Waals surface area contributed by atoms with Gasteiger partial charge in [0.15, 0.2) is 0 Å². The van der Waals surface area contributed by atoms with Crippen LogP contribution in [0.15, 0.2) is 53.2 Å². The number of carbonyl (C=O) groups excluding carboxylic acids is 1. The number of anilines is 1. The van der Waals surface area contributed by atoms with E-state index in [1.807, 2.05) is 54.3 Å². The van der Waals surface area contributed by atoms with Gasteiger partial charge in [0.1, 0.15) is 11.4 Å². The second kappa shape index (κ2) is 9.59. The maximum Gasteiger partial charge on any atom is 0.321 e. The summed E-state index contributed by atoms with van der Waals surface area (Å²) in [6.45, 7) is 5.35. The molecule has 1 unspecified atom stereocenters. The number of amides is 2. The fourth-order valence-corrected chi connectivity index (χ4v) is 3.49. The first-order valence-corrected chi connectivity index (χ1v) is 10.7. The summed E-state index contributed by atoms with van der Waals surface area (Å²) in [5.74, 6) is 2.00. The van der Waals surface area contributed by atoms with Gasteiger partial charge in [0, 0.05) is 37.0 Å². The molecule has 162 valence electrons. The van der Waals surface area contributed by atoms with E-state index in [9.17, 15) is 4.79 Å². The monoisotopic (exact) mass is 421 g/mol. The minimum atomic E-state index is -0.112. The van der Waals surface area contributed by atoms with E-state index in [2.05, 4.69) is 27.4 Å². The Balaban J connectivity index is 1.31. The number of nitrogens with one attached hydrogen (secondary N) is 1. The van der Waals surface area contributed by atoms with Crippen molar-refractivity contribution in [3.05, 3.63) is 54.6 Å². The lowest BCUT2D eigenvalue weighted by atomic mass is 9.97. The van der Waals surface area contributed by atoms with Crippen LogP contribution in [-0.2, 0) is 0 Å². The molecule has 0 saturated carbocycles. The van der Waals surface area contributed by atoms with E-state index in [-0.39, 0.29) is 18.1 Å². The summed E-state index contributed by atoms with van der Waals surface area (Å²) in [6, 6.07) is 13.0.